The maximum Gasteiger partial charge on any atom is 0.255 e. The number of hydrogen-bond acceptors (Lipinski definition) is 4. The highest BCUT2D eigenvalue weighted by atomic mass is 32.2. The molecule has 0 radical (unpaired) electrons. The Bertz CT molecular complexity index is 1190. The van der Waals surface area contributed by atoms with Gasteiger partial charge in [0.1, 0.15) is 6.33 Å². The van der Waals surface area contributed by atoms with E-state index < -0.39 is 0 Å². The number of rotatable bonds is 5. The van der Waals surface area contributed by atoms with Crippen molar-refractivity contribution in [2.24, 2.45) is 0 Å². The number of H-pyrrole nitrogens is 1. The average molecular weight is 398 g/mol. The Balaban J connectivity index is 1.34. The SMILES string of the molecule is O=C(Nc1ccc2c(c1)Cc1ccccc1-2)c1ccccc1CSc1ncn[nH]1. The summed E-state index contributed by atoms with van der Waals surface area (Å²) in [6.45, 7) is 0. The summed E-state index contributed by atoms with van der Waals surface area (Å²) in [4.78, 5) is 17.1. The molecule has 142 valence electrons. The number of hydrogen-bond donors (Lipinski definition) is 2. The number of fused-ring (bicyclic) bond motifs is 3. The second kappa shape index (κ2) is 7.56. The van der Waals surface area contributed by atoms with Crippen LogP contribution in [0, 0.1) is 0 Å². The molecule has 1 aliphatic carbocycles. The van der Waals surface area contributed by atoms with E-state index in [4.69, 9.17) is 0 Å². The predicted octanol–water partition coefficient (Wildman–Crippen LogP) is 4.92. The van der Waals surface area contributed by atoms with Crippen molar-refractivity contribution in [2.75, 3.05) is 5.32 Å². The van der Waals surface area contributed by atoms with Crippen molar-refractivity contribution in [3.8, 4) is 11.1 Å². The van der Waals surface area contributed by atoms with E-state index in [-0.39, 0.29) is 5.91 Å². The van der Waals surface area contributed by atoms with Crippen LogP contribution >= 0.6 is 11.8 Å². The molecule has 0 aliphatic heterocycles. The molecule has 5 rings (SSSR count). The van der Waals surface area contributed by atoms with Crippen molar-refractivity contribution in [3.63, 3.8) is 0 Å². The molecule has 0 saturated carbocycles. The molecule has 4 aromatic rings. The zero-order valence-corrected chi connectivity index (χ0v) is 16.4. The smallest absolute Gasteiger partial charge is 0.255 e. The Morgan fingerprint density at radius 3 is 2.72 bits per heavy atom. The molecule has 0 fully saturated rings. The number of benzene rings is 3. The fourth-order valence-corrected chi connectivity index (χ4v) is 4.48. The zero-order valence-electron chi connectivity index (χ0n) is 15.6. The number of anilines is 1. The van der Waals surface area contributed by atoms with E-state index in [9.17, 15) is 4.79 Å². The molecule has 0 bridgehead atoms. The molecular formula is C23H18N4OS. The van der Waals surface area contributed by atoms with E-state index in [0.717, 1.165) is 22.8 Å². The molecule has 5 nitrogen and oxygen atoms in total. The van der Waals surface area contributed by atoms with E-state index in [1.54, 1.807) is 0 Å². The van der Waals surface area contributed by atoms with Crippen LogP contribution in [0.15, 0.2) is 78.2 Å². The number of aromatic amines is 1. The molecule has 1 aromatic heterocycles. The van der Waals surface area contributed by atoms with Crippen LogP contribution in [0.5, 0.6) is 0 Å². The fraction of sp³-hybridized carbons (Fsp3) is 0.0870. The number of amides is 1. The van der Waals surface area contributed by atoms with Gasteiger partial charge in [-0.25, -0.2) is 4.98 Å². The molecule has 0 unspecified atom stereocenters. The Kier molecular flexibility index (Phi) is 4.62. The largest absolute Gasteiger partial charge is 0.322 e. The first-order chi connectivity index (χ1) is 14.3. The minimum absolute atomic E-state index is 0.103. The highest BCUT2D eigenvalue weighted by Crippen LogP contribution is 2.37. The first-order valence-corrected chi connectivity index (χ1v) is 10.3. The van der Waals surface area contributed by atoms with Gasteiger partial charge in [0.2, 0.25) is 0 Å². The highest BCUT2D eigenvalue weighted by molar-refractivity contribution is 7.98. The number of nitrogens with one attached hydrogen (secondary N) is 2. The lowest BCUT2D eigenvalue weighted by Crippen LogP contribution is -2.14. The molecular weight excluding hydrogens is 380 g/mol. The van der Waals surface area contributed by atoms with Crippen LogP contribution in [0.4, 0.5) is 5.69 Å². The van der Waals surface area contributed by atoms with Crippen molar-refractivity contribution >= 4 is 23.4 Å². The lowest BCUT2D eigenvalue weighted by atomic mass is 10.1. The first kappa shape index (κ1) is 17.7. The maximum atomic E-state index is 13.0. The van der Waals surface area contributed by atoms with Gasteiger partial charge in [-0.3, -0.25) is 9.89 Å². The van der Waals surface area contributed by atoms with E-state index in [2.05, 4.69) is 56.9 Å². The quantitative estimate of drug-likeness (QED) is 0.412. The van der Waals surface area contributed by atoms with Gasteiger partial charge in [0.25, 0.3) is 5.91 Å². The van der Waals surface area contributed by atoms with Crippen LogP contribution in [0.25, 0.3) is 11.1 Å². The molecule has 1 amide bonds. The van der Waals surface area contributed by atoms with E-state index in [1.165, 1.54) is 40.3 Å². The van der Waals surface area contributed by atoms with Crippen LogP contribution in [0.3, 0.4) is 0 Å². The van der Waals surface area contributed by atoms with Gasteiger partial charge < -0.3 is 5.32 Å². The Morgan fingerprint density at radius 1 is 1.00 bits per heavy atom. The average Bonchev–Trinajstić information content (AvgIpc) is 3.39. The highest BCUT2D eigenvalue weighted by Gasteiger charge is 2.19. The minimum atomic E-state index is -0.103. The summed E-state index contributed by atoms with van der Waals surface area (Å²) in [6.07, 6.45) is 2.38. The lowest BCUT2D eigenvalue weighted by Gasteiger charge is -2.11. The first-order valence-electron chi connectivity index (χ1n) is 9.36. The monoisotopic (exact) mass is 398 g/mol. The summed E-state index contributed by atoms with van der Waals surface area (Å²) >= 11 is 1.52. The van der Waals surface area contributed by atoms with Crippen molar-refractivity contribution in [1.29, 1.82) is 0 Å². The van der Waals surface area contributed by atoms with Crippen LogP contribution in [-0.2, 0) is 12.2 Å². The molecule has 2 N–H and O–H groups in total. The number of thioether (sulfide) groups is 1. The van der Waals surface area contributed by atoms with Gasteiger partial charge in [0, 0.05) is 17.0 Å². The van der Waals surface area contributed by atoms with Gasteiger partial charge in [-0.1, -0.05) is 60.3 Å². The Morgan fingerprint density at radius 2 is 1.83 bits per heavy atom. The third kappa shape index (κ3) is 3.54. The van der Waals surface area contributed by atoms with Gasteiger partial charge in [0.05, 0.1) is 0 Å². The summed E-state index contributed by atoms with van der Waals surface area (Å²) in [5, 5.41) is 10.5. The van der Waals surface area contributed by atoms with Crippen LogP contribution in [0.2, 0.25) is 0 Å². The van der Waals surface area contributed by atoms with E-state index in [1.807, 2.05) is 30.3 Å². The second-order valence-corrected chi connectivity index (χ2v) is 7.86. The maximum absolute atomic E-state index is 13.0. The van der Waals surface area contributed by atoms with E-state index >= 15 is 0 Å². The van der Waals surface area contributed by atoms with Gasteiger partial charge in [-0.2, -0.15) is 5.10 Å². The number of nitrogens with zero attached hydrogens (tertiary/aromatic N) is 2. The molecule has 6 heteroatoms. The standard InChI is InChI=1S/C23H18N4OS/c28-22(21-8-4-2-6-16(21)13-29-23-24-14-25-27-23)26-18-9-10-20-17(12-18)11-15-5-1-3-7-19(15)20/h1-10,12,14H,11,13H2,(H,26,28)(H,24,25,27). The fourth-order valence-electron chi connectivity index (χ4n) is 3.70. The molecule has 0 saturated heterocycles. The van der Waals surface area contributed by atoms with Gasteiger partial charge in [-0.15, -0.1) is 0 Å². The third-order valence-corrected chi connectivity index (χ3v) is 6.00. The summed E-state index contributed by atoms with van der Waals surface area (Å²) in [5.41, 5.74) is 7.57. The Hall–Kier alpha value is -3.38. The number of aromatic nitrogens is 3. The molecule has 0 atom stereocenters. The van der Waals surface area contributed by atoms with Crippen molar-refractivity contribution < 1.29 is 4.79 Å². The summed E-state index contributed by atoms with van der Waals surface area (Å²) in [5.74, 6) is 0.535. The normalized spacial score (nSPS) is 11.7. The summed E-state index contributed by atoms with van der Waals surface area (Å²) < 4.78 is 0. The van der Waals surface area contributed by atoms with Crippen molar-refractivity contribution in [2.45, 2.75) is 17.3 Å². The summed E-state index contributed by atoms with van der Waals surface area (Å²) in [6, 6.07) is 22.3. The molecule has 0 spiro atoms. The van der Waals surface area contributed by atoms with Crippen LogP contribution in [0.1, 0.15) is 27.0 Å². The second-order valence-electron chi connectivity index (χ2n) is 6.90. The topological polar surface area (TPSA) is 70.7 Å². The lowest BCUT2D eigenvalue weighted by molar-refractivity contribution is 0.102. The van der Waals surface area contributed by atoms with Crippen molar-refractivity contribution in [3.05, 3.63) is 95.3 Å². The van der Waals surface area contributed by atoms with Crippen LogP contribution < -0.4 is 5.32 Å². The minimum Gasteiger partial charge on any atom is -0.322 e. The zero-order chi connectivity index (χ0) is 19.6. The molecule has 29 heavy (non-hydrogen) atoms. The molecule has 1 heterocycles. The van der Waals surface area contributed by atoms with Gasteiger partial charge in [0.15, 0.2) is 5.16 Å². The molecule has 3 aromatic carbocycles. The predicted molar refractivity (Wildman–Crippen MR) is 115 cm³/mol. The van der Waals surface area contributed by atoms with Gasteiger partial charge >= 0.3 is 0 Å². The van der Waals surface area contributed by atoms with Crippen molar-refractivity contribution in [1.82, 2.24) is 15.2 Å². The van der Waals surface area contributed by atoms with E-state index in [0.29, 0.717) is 11.3 Å². The van der Waals surface area contributed by atoms with Gasteiger partial charge in [-0.05, 0) is 52.4 Å². The number of carbonyl (C=O) groups is 1. The van der Waals surface area contributed by atoms with Crippen LogP contribution in [-0.4, -0.2) is 21.1 Å². The Labute approximate surface area is 172 Å². The third-order valence-electron chi connectivity index (χ3n) is 5.07. The summed E-state index contributed by atoms with van der Waals surface area (Å²) in [7, 11) is 0. The molecule has 1 aliphatic rings. The number of carbonyl (C=O) groups excluding carboxylic acids is 1.